The number of aliphatic hydroxyl groups is 1. The summed E-state index contributed by atoms with van der Waals surface area (Å²) in [7, 11) is 0. The van der Waals surface area contributed by atoms with Crippen LogP contribution in [-0.4, -0.2) is 73.3 Å². The van der Waals surface area contributed by atoms with Crippen LogP contribution in [0.2, 0.25) is 0 Å². The van der Waals surface area contributed by atoms with Crippen LogP contribution < -0.4 is 10.1 Å². The van der Waals surface area contributed by atoms with Crippen LogP contribution in [0.3, 0.4) is 0 Å². The number of hydrogen-bond acceptors (Lipinski definition) is 5. The fourth-order valence-electron chi connectivity index (χ4n) is 3.16. The Balaban J connectivity index is 0.00000300. The van der Waals surface area contributed by atoms with Crippen molar-refractivity contribution < 1.29 is 14.3 Å². The van der Waals surface area contributed by atoms with Crippen LogP contribution >= 0.6 is 24.0 Å². The number of para-hydroxylation sites is 1. The third-order valence-electron chi connectivity index (χ3n) is 4.71. The van der Waals surface area contributed by atoms with E-state index < -0.39 is 6.10 Å². The molecule has 2 N–H and O–H groups in total. The summed E-state index contributed by atoms with van der Waals surface area (Å²) in [6.45, 7) is 8.44. The van der Waals surface area contributed by atoms with Gasteiger partial charge in [-0.05, 0) is 31.2 Å². The van der Waals surface area contributed by atoms with Crippen LogP contribution in [0.25, 0.3) is 0 Å². The first kappa shape index (κ1) is 23.5. The topological polar surface area (TPSA) is 73.5 Å². The summed E-state index contributed by atoms with van der Waals surface area (Å²) in [6, 6.07) is 13.5. The number of rotatable bonds is 8. The largest absolute Gasteiger partial charge is 0.492 e. The zero-order valence-electron chi connectivity index (χ0n) is 16.9. The number of halogens is 1. The highest BCUT2D eigenvalue weighted by atomic mass is 127. The number of aliphatic hydroxyl groups excluding tert-OH is 1. The average Bonchev–Trinajstić information content (AvgIpc) is 3.27. The summed E-state index contributed by atoms with van der Waals surface area (Å²) in [6.07, 6.45) is 0.842. The Kier molecular flexibility index (Phi) is 10.3. The van der Waals surface area contributed by atoms with Gasteiger partial charge in [-0.3, -0.25) is 4.90 Å². The van der Waals surface area contributed by atoms with Crippen LogP contribution in [0, 0.1) is 0 Å². The van der Waals surface area contributed by atoms with E-state index in [0.717, 1.165) is 51.0 Å². The molecule has 1 aromatic carbocycles. The van der Waals surface area contributed by atoms with Gasteiger partial charge in [-0.25, -0.2) is 4.99 Å². The monoisotopic (exact) mass is 514 g/mol. The van der Waals surface area contributed by atoms with Crippen molar-refractivity contribution in [1.82, 2.24) is 15.1 Å². The molecule has 0 saturated carbocycles. The van der Waals surface area contributed by atoms with Gasteiger partial charge in [-0.1, -0.05) is 18.2 Å². The van der Waals surface area contributed by atoms with E-state index in [1.165, 1.54) is 0 Å². The minimum absolute atomic E-state index is 0. The summed E-state index contributed by atoms with van der Waals surface area (Å²) in [5.41, 5.74) is 0. The molecule has 29 heavy (non-hydrogen) atoms. The van der Waals surface area contributed by atoms with Crippen molar-refractivity contribution in [3.8, 4) is 5.75 Å². The molecule has 2 heterocycles. The molecule has 1 saturated heterocycles. The lowest BCUT2D eigenvalue weighted by molar-refractivity contribution is 0.148. The lowest BCUT2D eigenvalue weighted by atomic mass is 10.3. The highest BCUT2D eigenvalue weighted by Gasteiger charge is 2.20. The minimum atomic E-state index is -0.722. The predicted octanol–water partition coefficient (Wildman–Crippen LogP) is 2.59. The van der Waals surface area contributed by atoms with Crippen molar-refractivity contribution in [3.63, 3.8) is 0 Å². The van der Waals surface area contributed by atoms with Crippen molar-refractivity contribution >= 4 is 29.9 Å². The lowest BCUT2D eigenvalue weighted by Crippen LogP contribution is -2.53. The molecule has 1 aromatic heterocycles. The van der Waals surface area contributed by atoms with Gasteiger partial charge in [-0.2, -0.15) is 0 Å². The summed E-state index contributed by atoms with van der Waals surface area (Å²) in [4.78, 5) is 9.24. The van der Waals surface area contributed by atoms with Gasteiger partial charge < -0.3 is 24.5 Å². The van der Waals surface area contributed by atoms with Gasteiger partial charge in [0.25, 0.3) is 0 Å². The van der Waals surface area contributed by atoms with E-state index in [4.69, 9.17) is 9.15 Å². The second kappa shape index (κ2) is 12.7. The Morgan fingerprint density at radius 1 is 1.17 bits per heavy atom. The predicted molar refractivity (Wildman–Crippen MR) is 125 cm³/mol. The maximum absolute atomic E-state index is 10.2. The zero-order valence-corrected chi connectivity index (χ0v) is 19.2. The van der Waals surface area contributed by atoms with E-state index in [-0.39, 0.29) is 30.5 Å². The summed E-state index contributed by atoms with van der Waals surface area (Å²) < 4.78 is 11.0. The Hall–Kier alpha value is -1.78. The number of piperazine rings is 1. The second-order valence-corrected chi connectivity index (χ2v) is 6.72. The highest BCUT2D eigenvalue weighted by molar-refractivity contribution is 14.0. The van der Waals surface area contributed by atoms with Crippen LogP contribution in [0.5, 0.6) is 5.75 Å². The van der Waals surface area contributed by atoms with E-state index in [1.807, 2.05) is 30.3 Å². The Labute approximate surface area is 189 Å². The van der Waals surface area contributed by atoms with E-state index in [1.54, 1.807) is 18.4 Å². The molecule has 0 radical (unpaired) electrons. The van der Waals surface area contributed by atoms with Gasteiger partial charge in [0, 0.05) is 39.3 Å². The van der Waals surface area contributed by atoms with Crippen LogP contribution in [-0.2, 0) is 0 Å². The van der Waals surface area contributed by atoms with E-state index >= 15 is 0 Å². The second-order valence-electron chi connectivity index (χ2n) is 6.72. The Morgan fingerprint density at radius 3 is 2.59 bits per heavy atom. The quantitative estimate of drug-likeness (QED) is 0.321. The molecular formula is C21H31IN4O3. The lowest BCUT2D eigenvalue weighted by Gasteiger charge is -2.36. The number of nitrogens with one attached hydrogen (secondary N) is 1. The van der Waals surface area contributed by atoms with Crippen molar-refractivity contribution in [3.05, 3.63) is 54.5 Å². The highest BCUT2D eigenvalue weighted by Crippen LogP contribution is 2.13. The Bertz CT molecular complexity index is 704. The van der Waals surface area contributed by atoms with E-state index in [9.17, 15) is 5.11 Å². The van der Waals surface area contributed by atoms with Gasteiger partial charge in [0.15, 0.2) is 5.96 Å². The summed E-state index contributed by atoms with van der Waals surface area (Å²) >= 11 is 0. The van der Waals surface area contributed by atoms with E-state index in [0.29, 0.717) is 12.4 Å². The molecule has 0 aliphatic carbocycles. The van der Waals surface area contributed by atoms with E-state index in [2.05, 4.69) is 27.0 Å². The van der Waals surface area contributed by atoms with Crippen LogP contribution in [0.4, 0.5) is 0 Å². The van der Waals surface area contributed by atoms with Crippen molar-refractivity contribution in [2.45, 2.75) is 13.0 Å². The number of nitrogens with zero attached hydrogens (tertiary/aromatic N) is 3. The molecule has 0 amide bonds. The van der Waals surface area contributed by atoms with Gasteiger partial charge in [-0.15, -0.1) is 24.0 Å². The van der Waals surface area contributed by atoms with Gasteiger partial charge in [0.2, 0.25) is 0 Å². The molecule has 1 aliphatic heterocycles. The number of aliphatic imine (C=N–C) groups is 1. The number of guanidine groups is 1. The maximum Gasteiger partial charge on any atom is 0.194 e. The molecule has 0 bridgehead atoms. The van der Waals surface area contributed by atoms with Crippen molar-refractivity contribution in [1.29, 1.82) is 0 Å². The smallest absolute Gasteiger partial charge is 0.194 e. The fourth-order valence-corrected chi connectivity index (χ4v) is 3.16. The van der Waals surface area contributed by atoms with Gasteiger partial charge >= 0.3 is 0 Å². The van der Waals surface area contributed by atoms with Crippen LogP contribution in [0.1, 0.15) is 18.8 Å². The first-order valence-electron chi connectivity index (χ1n) is 9.91. The molecule has 1 fully saturated rings. The zero-order chi connectivity index (χ0) is 19.6. The fraction of sp³-hybridized carbons (Fsp3) is 0.476. The molecule has 2 aromatic rings. The first-order chi connectivity index (χ1) is 13.8. The van der Waals surface area contributed by atoms with Crippen LogP contribution in [0.15, 0.2) is 58.1 Å². The van der Waals surface area contributed by atoms with Gasteiger partial charge in [0.1, 0.15) is 24.2 Å². The van der Waals surface area contributed by atoms with Crippen molar-refractivity contribution in [2.24, 2.45) is 4.99 Å². The first-order valence-corrected chi connectivity index (χ1v) is 9.91. The molecule has 7 nitrogen and oxygen atoms in total. The Morgan fingerprint density at radius 2 is 1.93 bits per heavy atom. The molecule has 160 valence electrons. The van der Waals surface area contributed by atoms with Gasteiger partial charge in [0.05, 0.1) is 12.8 Å². The number of ether oxygens (including phenoxy) is 1. The molecule has 1 atom stereocenters. The average molecular weight is 514 g/mol. The van der Waals surface area contributed by atoms with Crippen molar-refractivity contribution in [2.75, 3.05) is 52.4 Å². The third kappa shape index (κ3) is 7.52. The number of benzene rings is 1. The standard InChI is InChI=1S/C21H30N4O3.HI/c1-2-22-21(23-17-19(26)20-9-6-15-28-20)25-12-10-24(11-13-25)14-16-27-18-7-4-3-5-8-18;/h3-9,15,19,26H,2,10-14,16-17H2,1H3,(H,22,23);1H. The maximum atomic E-state index is 10.2. The number of furan rings is 1. The summed E-state index contributed by atoms with van der Waals surface area (Å²) in [5, 5.41) is 13.5. The molecule has 1 aliphatic rings. The normalized spacial score (nSPS) is 16.2. The number of hydrogen-bond donors (Lipinski definition) is 2. The third-order valence-corrected chi connectivity index (χ3v) is 4.71. The summed E-state index contributed by atoms with van der Waals surface area (Å²) in [5.74, 6) is 2.30. The molecule has 1 unspecified atom stereocenters. The molecule has 0 spiro atoms. The molecule has 8 heteroatoms. The molecule has 3 rings (SSSR count). The minimum Gasteiger partial charge on any atom is -0.492 e. The molecular weight excluding hydrogens is 483 g/mol. The SMILES string of the molecule is CCNC(=NCC(O)c1ccco1)N1CCN(CCOc2ccccc2)CC1.I.